The average Bonchev–Trinajstić information content (AvgIpc) is 3.21. The van der Waals surface area contributed by atoms with E-state index in [1.54, 1.807) is 18.3 Å². The van der Waals surface area contributed by atoms with Crippen LogP contribution in [0.25, 0.3) is 0 Å². The Morgan fingerprint density at radius 1 is 1.28 bits per heavy atom. The number of piperidine rings is 1. The Kier molecular flexibility index (Phi) is 4.65. The van der Waals surface area contributed by atoms with Gasteiger partial charge in [-0.1, -0.05) is 29.8 Å². The van der Waals surface area contributed by atoms with Crippen LogP contribution < -0.4 is 0 Å². The van der Waals surface area contributed by atoms with Gasteiger partial charge in [-0.2, -0.15) is 11.3 Å². The molecule has 25 heavy (non-hydrogen) atoms. The van der Waals surface area contributed by atoms with Gasteiger partial charge >= 0.3 is 0 Å². The number of fused-ring (bicyclic) bond motifs is 1. The van der Waals surface area contributed by atoms with Gasteiger partial charge in [-0.3, -0.25) is 9.69 Å². The first-order valence-corrected chi connectivity index (χ1v) is 10.1. The van der Waals surface area contributed by atoms with Gasteiger partial charge < -0.3 is 4.90 Å². The minimum atomic E-state index is 0.236. The van der Waals surface area contributed by atoms with E-state index < -0.39 is 0 Å². The summed E-state index contributed by atoms with van der Waals surface area (Å²) in [6.45, 7) is 7.95. The molecule has 4 rings (SSSR count). The minimum absolute atomic E-state index is 0.236. The summed E-state index contributed by atoms with van der Waals surface area (Å²) in [6.07, 6.45) is 1.09. The Morgan fingerprint density at radius 2 is 2.16 bits per heavy atom. The van der Waals surface area contributed by atoms with E-state index in [-0.39, 0.29) is 5.91 Å². The Hall–Kier alpha value is -1.65. The van der Waals surface area contributed by atoms with Gasteiger partial charge in [0.05, 0.1) is 0 Å². The van der Waals surface area contributed by atoms with Gasteiger partial charge in [-0.05, 0) is 41.3 Å². The maximum atomic E-state index is 12.1. The fourth-order valence-corrected chi connectivity index (χ4v) is 5.44. The van der Waals surface area contributed by atoms with Crippen molar-refractivity contribution in [2.24, 2.45) is 5.92 Å². The SMILES string of the molecule is CC(=O)N1C[C@@H](c2ccsc2)[C@@H]2CN(Cc3cccc(C)c3)CC[C@@H]21. The van der Waals surface area contributed by atoms with Gasteiger partial charge in [0.25, 0.3) is 0 Å². The number of aryl methyl sites for hydroxylation is 1. The molecule has 0 radical (unpaired) electrons. The first-order chi connectivity index (χ1) is 12.1. The van der Waals surface area contributed by atoms with Gasteiger partial charge in [-0.25, -0.2) is 0 Å². The van der Waals surface area contributed by atoms with E-state index in [0.29, 0.717) is 17.9 Å². The first-order valence-electron chi connectivity index (χ1n) is 9.19. The van der Waals surface area contributed by atoms with Crippen LogP contribution in [0.2, 0.25) is 0 Å². The second-order valence-corrected chi connectivity index (χ2v) is 8.36. The van der Waals surface area contributed by atoms with Crippen LogP contribution in [0, 0.1) is 12.8 Å². The lowest BCUT2D eigenvalue weighted by atomic mass is 9.82. The molecule has 3 heterocycles. The number of carbonyl (C=O) groups excluding carboxylic acids is 1. The standard InChI is InChI=1S/C21H26N2OS/c1-15-4-3-5-17(10-15)11-22-8-6-21-20(12-22)19(13-23(21)16(2)24)18-7-9-25-14-18/h3-5,7,9-10,14,19-21H,6,8,11-13H2,1-2H3/t19-,20-,21-/m0/s1. The smallest absolute Gasteiger partial charge is 0.219 e. The molecule has 3 nitrogen and oxygen atoms in total. The van der Waals surface area contributed by atoms with Crippen LogP contribution in [0.5, 0.6) is 0 Å². The first kappa shape index (κ1) is 16.8. The van der Waals surface area contributed by atoms with Crippen LogP contribution in [0.3, 0.4) is 0 Å². The highest BCUT2D eigenvalue weighted by Crippen LogP contribution is 2.42. The average molecular weight is 355 g/mol. The van der Waals surface area contributed by atoms with Crippen molar-refractivity contribution in [3.8, 4) is 0 Å². The zero-order valence-electron chi connectivity index (χ0n) is 15.0. The molecule has 1 aromatic heterocycles. The molecule has 0 saturated carbocycles. The molecule has 0 N–H and O–H groups in total. The highest BCUT2D eigenvalue weighted by atomic mass is 32.1. The van der Waals surface area contributed by atoms with Crippen molar-refractivity contribution in [2.45, 2.75) is 38.8 Å². The van der Waals surface area contributed by atoms with Crippen LogP contribution in [-0.4, -0.2) is 41.4 Å². The quantitative estimate of drug-likeness (QED) is 0.835. The van der Waals surface area contributed by atoms with Crippen molar-refractivity contribution in [3.63, 3.8) is 0 Å². The molecule has 0 bridgehead atoms. The fourth-order valence-electron chi connectivity index (χ4n) is 4.72. The van der Waals surface area contributed by atoms with Crippen LogP contribution in [0.1, 0.15) is 36.0 Å². The third kappa shape index (κ3) is 3.38. The Bertz CT molecular complexity index is 742. The van der Waals surface area contributed by atoms with Crippen molar-refractivity contribution in [2.75, 3.05) is 19.6 Å². The summed E-state index contributed by atoms with van der Waals surface area (Å²) in [5, 5.41) is 4.43. The van der Waals surface area contributed by atoms with Crippen LogP contribution in [-0.2, 0) is 11.3 Å². The number of hydrogen-bond donors (Lipinski definition) is 0. The summed E-state index contributed by atoms with van der Waals surface area (Å²) >= 11 is 1.76. The van der Waals surface area contributed by atoms with Gasteiger partial charge in [0.15, 0.2) is 0 Å². The van der Waals surface area contributed by atoms with Crippen molar-refractivity contribution >= 4 is 17.2 Å². The predicted molar refractivity (Wildman–Crippen MR) is 103 cm³/mol. The molecule has 2 saturated heterocycles. The summed E-state index contributed by atoms with van der Waals surface area (Å²) in [6, 6.07) is 11.5. The number of nitrogens with zero attached hydrogens (tertiary/aromatic N) is 2. The second kappa shape index (κ2) is 6.93. The monoisotopic (exact) mass is 354 g/mol. The molecule has 2 aromatic rings. The van der Waals surface area contributed by atoms with E-state index in [0.717, 1.165) is 32.6 Å². The highest BCUT2D eigenvalue weighted by Gasteiger charge is 2.46. The molecular weight excluding hydrogens is 328 g/mol. The fraction of sp³-hybridized carbons (Fsp3) is 0.476. The molecule has 1 aromatic carbocycles. The summed E-state index contributed by atoms with van der Waals surface area (Å²) in [5.74, 6) is 1.28. The summed E-state index contributed by atoms with van der Waals surface area (Å²) in [7, 11) is 0. The molecular formula is C21H26N2OS. The van der Waals surface area contributed by atoms with Crippen molar-refractivity contribution in [3.05, 3.63) is 57.8 Å². The number of benzene rings is 1. The molecule has 0 spiro atoms. The lowest BCUT2D eigenvalue weighted by Crippen LogP contribution is -2.47. The third-order valence-corrected chi connectivity index (χ3v) is 6.58. The Labute approximate surface area is 154 Å². The predicted octanol–water partition coefficient (Wildman–Crippen LogP) is 3.89. The molecule has 1 amide bonds. The van der Waals surface area contributed by atoms with E-state index in [1.807, 2.05) is 0 Å². The number of hydrogen-bond acceptors (Lipinski definition) is 3. The summed E-state index contributed by atoms with van der Waals surface area (Å²) in [5.41, 5.74) is 4.14. The molecule has 0 unspecified atom stereocenters. The largest absolute Gasteiger partial charge is 0.339 e. The summed E-state index contributed by atoms with van der Waals surface area (Å²) < 4.78 is 0. The topological polar surface area (TPSA) is 23.6 Å². The van der Waals surface area contributed by atoms with E-state index in [4.69, 9.17) is 0 Å². The molecule has 0 aliphatic carbocycles. The summed E-state index contributed by atoms with van der Waals surface area (Å²) in [4.78, 5) is 16.9. The molecule has 2 aliphatic heterocycles. The van der Waals surface area contributed by atoms with Crippen molar-refractivity contribution < 1.29 is 4.79 Å². The number of amides is 1. The van der Waals surface area contributed by atoms with Gasteiger partial charge in [-0.15, -0.1) is 0 Å². The third-order valence-electron chi connectivity index (χ3n) is 5.88. The van der Waals surface area contributed by atoms with Crippen molar-refractivity contribution in [1.82, 2.24) is 9.80 Å². The number of likely N-dealkylation sites (tertiary alicyclic amines) is 2. The zero-order chi connectivity index (χ0) is 17.4. The lowest BCUT2D eigenvalue weighted by molar-refractivity contribution is -0.130. The maximum absolute atomic E-state index is 12.1. The van der Waals surface area contributed by atoms with Crippen molar-refractivity contribution in [1.29, 1.82) is 0 Å². The van der Waals surface area contributed by atoms with E-state index >= 15 is 0 Å². The number of thiophene rings is 1. The molecule has 2 aliphatic rings. The molecule has 132 valence electrons. The maximum Gasteiger partial charge on any atom is 0.219 e. The molecule has 2 fully saturated rings. The minimum Gasteiger partial charge on any atom is -0.339 e. The molecule has 3 atom stereocenters. The van der Waals surface area contributed by atoms with Crippen LogP contribution in [0.4, 0.5) is 0 Å². The number of carbonyl (C=O) groups is 1. The van der Waals surface area contributed by atoms with Crippen LogP contribution >= 0.6 is 11.3 Å². The van der Waals surface area contributed by atoms with E-state index in [2.05, 4.69) is 57.8 Å². The van der Waals surface area contributed by atoms with Gasteiger partial charge in [0.2, 0.25) is 5.91 Å². The lowest BCUT2D eigenvalue weighted by Gasteiger charge is -2.38. The van der Waals surface area contributed by atoms with E-state index in [1.165, 1.54) is 16.7 Å². The normalized spacial score (nSPS) is 26.6. The van der Waals surface area contributed by atoms with Crippen LogP contribution in [0.15, 0.2) is 41.1 Å². The zero-order valence-corrected chi connectivity index (χ0v) is 15.8. The van der Waals surface area contributed by atoms with E-state index in [9.17, 15) is 4.79 Å². The molecule has 4 heteroatoms. The second-order valence-electron chi connectivity index (χ2n) is 7.58. The van der Waals surface area contributed by atoms with Gasteiger partial charge in [0, 0.05) is 51.0 Å². The Balaban J connectivity index is 1.53. The Morgan fingerprint density at radius 3 is 2.88 bits per heavy atom. The number of rotatable bonds is 3. The highest BCUT2D eigenvalue weighted by molar-refractivity contribution is 7.08. The van der Waals surface area contributed by atoms with Gasteiger partial charge in [0.1, 0.15) is 0 Å².